The number of halogens is 1. The monoisotopic (exact) mass is 226 g/mol. The maximum Gasteiger partial charge on any atom is 0.234 e. The van der Waals surface area contributed by atoms with Crippen molar-refractivity contribution in [3.63, 3.8) is 0 Å². The number of benzene rings is 1. The van der Waals surface area contributed by atoms with Gasteiger partial charge in [-0.1, -0.05) is 6.07 Å². The van der Waals surface area contributed by atoms with E-state index >= 15 is 0 Å². The van der Waals surface area contributed by atoms with E-state index in [0.29, 0.717) is 12.1 Å². The molecule has 0 fully saturated rings. The van der Waals surface area contributed by atoms with Crippen LogP contribution in [0.3, 0.4) is 0 Å². The molecule has 0 aliphatic heterocycles. The van der Waals surface area contributed by atoms with Crippen LogP contribution in [-0.4, -0.2) is 19.6 Å². The molecule has 16 heavy (non-hydrogen) atoms. The summed E-state index contributed by atoms with van der Waals surface area (Å²) in [5.41, 5.74) is 6.43. The van der Waals surface area contributed by atoms with Crippen LogP contribution in [0.15, 0.2) is 18.2 Å². The summed E-state index contributed by atoms with van der Waals surface area (Å²) < 4.78 is 18.1. The molecule has 1 amide bonds. The Bertz CT molecular complexity index is 369. The van der Waals surface area contributed by atoms with Crippen LogP contribution < -0.4 is 11.1 Å². The third-order valence-corrected chi connectivity index (χ3v) is 2.09. The number of hydrogen-bond acceptors (Lipinski definition) is 3. The third-order valence-electron chi connectivity index (χ3n) is 2.09. The summed E-state index contributed by atoms with van der Waals surface area (Å²) in [6, 6.07) is 4.64. The number of nitrogens with two attached hydrogens (primary N) is 1. The smallest absolute Gasteiger partial charge is 0.234 e. The lowest BCUT2D eigenvalue weighted by molar-refractivity contribution is -0.119. The van der Waals surface area contributed by atoms with Crippen molar-refractivity contribution < 1.29 is 13.9 Å². The zero-order valence-corrected chi connectivity index (χ0v) is 9.13. The molecule has 4 nitrogen and oxygen atoms in total. The van der Waals surface area contributed by atoms with Crippen molar-refractivity contribution in [2.45, 2.75) is 13.2 Å². The van der Waals surface area contributed by atoms with Crippen LogP contribution in [0.25, 0.3) is 0 Å². The molecule has 88 valence electrons. The molecule has 1 aromatic rings. The van der Waals surface area contributed by atoms with Gasteiger partial charge in [0.15, 0.2) is 0 Å². The van der Waals surface area contributed by atoms with Crippen molar-refractivity contribution in [1.29, 1.82) is 0 Å². The van der Waals surface area contributed by atoms with E-state index in [-0.39, 0.29) is 24.9 Å². The second-order valence-corrected chi connectivity index (χ2v) is 3.34. The summed E-state index contributed by atoms with van der Waals surface area (Å²) in [6.07, 6.45) is 0. The van der Waals surface area contributed by atoms with Crippen molar-refractivity contribution in [2.24, 2.45) is 5.73 Å². The highest BCUT2D eigenvalue weighted by Gasteiger charge is 2.04. The van der Waals surface area contributed by atoms with Gasteiger partial charge in [-0.3, -0.25) is 4.79 Å². The summed E-state index contributed by atoms with van der Waals surface area (Å²) in [5, 5.41) is 2.61. The molecule has 0 radical (unpaired) electrons. The minimum atomic E-state index is -0.309. The first-order chi connectivity index (χ1) is 7.67. The molecule has 0 aliphatic rings. The Kier molecular flexibility index (Phi) is 4.88. The fraction of sp³-hybridized carbons (Fsp3) is 0.364. The van der Waals surface area contributed by atoms with Crippen LogP contribution in [-0.2, 0) is 22.7 Å². The Morgan fingerprint density at radius 3 is 2.94 bits per heavy atom. The van der Waals surface area contributed by atoms with Gasteiger partial charge >= 0.3 is 0 Å². The molecule has 0 heterocycles. The molecular formula is C11H15FN2O2. The van der Waals surface area contributed by atoms with Gasteiger partial charge in [-0.25, -0.2) is 4.39 Å². The molecule has 1 rings (SSSR count). The highest BCUT2D eigenvalue weighted by Crippen LogP contribution is 2.11. The Morgan fingerprint density at radius 2 is 2.31 bits per heavy atom. The largest absolute Gasteiger partial charge is 0.380 e. The molecule has 0 spiro atoms. The summed E-state index contributed by atoms with van der Waals surface area (Å²) in [7, 11) is 1.50. The maximum atomic E-state index is 13.2. The molecule has 0 saturated carbocycles. The lowest BCUT2D eigenvalue weighted by Crippen LogP contribution is -2.29. The van der Waals surface area contributed by atoms with Crippen LogP contribution >= 0.6 is 0 Å². The second-order valence-electron chi connectivity index (χ2n) is 3.34. The molecule has 0 saturated heterocycles. The van der Waals surface area contributed by atoms with E-state index in [9.17, 15) is 9.18 Å². The van der Waals surface area contributed by atoms with Gasteiger partial charge < -0.3 is 15.8 Å². The molecule has 0 atom stereocenters. The van der Waals surface area contributed by atoms with Gasteiger partial charge in [0.2, 0.25) is 5.91 Å². The van der Waals surface area contributed by atoms with Crippen molar-refractivity contribution in [3.05, 3.63) is 35.1 Å². The van der Waals surface area contributed by atoms with E-state index in [2.05, 4.69) is 5.32 Å². The second kappa shape index (κ2) is 6.19. The fourth-order valence-electron chi connectivity index (χ4n) is 1.28. The van der Waals surface area contributed by atoms with Gasteiger partial charge in [-0.15, -0.1) is 0 Å². The SMILES string of the molecule is COCc1cc(CNC(=O)CN)ccc1F. The van der Waals surface area contributed by atoms with Crippen molar-refractivity contribution in [2.75, 3.05) is 13.7 Å². The number of carbonyl (C=O) groups is 1. The molecule has 1 aromatic carbocycles. The van der Waals surface area contributed by atoms with Gasteiger partial charge in [0.25, 0.3) is 0 Å². The third kappa shape index (κ3) is 3.60. The first kappa shape index (κ1) is 12.6. The average Bonchev–Trinajstić information content (AvgIpc) is 2.30. The first-order valence-electron chi connectivity index (χ1n) is 4.90. The zero-order chi connectivity index (χ0) is 12.0. The number of carbonyl (C=O) groups excluding carboxylic acids is 1. The molecule has 0 aromatic heterocycles. The van der Waals surface area contributed by atoms with E-state index in [0.717, 1.165) is 5.56 Å². The summed E-state index contributed by atoms with van der Waals surface area (Å²) in [6.45, 7) is 0.504. The number of amides is 1. The van der Waals surface area contributed by atoms with Gasteiger partial charge in [0.1, 0.15) is 5.82 Å². The van der Waals surface area contributed by atoms with Crippen molar-refractivity contribution in [1.82, 2.24) is 5.32 Å². The summed E-state index contributed by atoms with van der Waals surface area (Å²) in [4.78, 5) is 10.9. The predicted octanol–water partition coefficient (Wildman–Crippen LogP) is 0.547. The van der Waals surface area contributed by atoms with Crippen LogP contribution in [0.2, 0.25) is 0 Å². The fourth-order valence-corrected chi connectivity index (χ4v) is 1.28. The number of methoxy groups -OCH3 is 1. The van der Waals surface area contributed by atoms with E-state index in [1.165, 1.54) is 13.2 Å². The summed E-state index contributed by atoms with van der Waals surface area (Å²) >= 11 is 0. The highest BCUT2D eigenvalue weighted by atomic mass is 19.1. The highest BCUT2D eigenvalue weighted by molar-refractivity contribution is 5.77. The quantitative estimate of drug-likeness (QED) is 0.770. The van der Waals surface area contributed by atoms with Gasteiger partial charge in [-0.2, -0.15) is 0 Å². The number of nitrogens with one attached hydrogen (secondary N) is 1. The van der Waals surface area contributed by atoms with E-state index in [1.807, 2.05) is 0 Å². The molecule has 3 N–H and O–H groups in total. The number of hydrogen-bond donors (Lipinski definition) is 2. The maximum absolute atomic E-state index is 13.2. The topological polar surface area (TPSA) is 64.3 Å². The number of ether oxygens (including phenoxy) is 1. The minimum Gasteiger partial charge on any atom is -0.380 e. The van der Waals surface area contributed by atoms with Crippen LogP contribution in [0.5, 0.6) is 0 Å². The average molecular weight is 226 g/mol. The molecule has 0 unspecified atom stereocenters. The first-order valence-corrected chi connectivity index (χ1v) is 4.90. The van der Waals surface area contributed by atoms with Crippen LogP contribution in [0, 0.1) is 5.82 Å². The Morgan fingerprint density at radius 1 is 1.56 bits per heavy atom. The van der Waals surface area contributed by atoms with E-state index < -0.39 is 0 Å². The lowest BCUT2D eigenvalue weighted by atomic mass is 10.1. The number of rotatable bonds is 5. The lowest BCUT2D eigenvalue weighted by Gasteiger charge is -2.07. The van der Waals surface area contributed by atoms with Crippen LogP contribution in [0.4, 0.5) is 4.39 Å². The summed E-state index contributed by atoms with van der Waals surface area (Å²) in [5.74, 6) is -0.548. The molecule has 0 bridgehead atoms. The Labute approximate surface area is 93.6 Å². The Balaban J connectivity index is 2.67. The van der Waals surface area contributed by atoms with Crippen molar-refractivity contribution in [3.8, 4) is 0 Å². The van der Waals surface area contributed by atoms with Crippen LogP contribution in [0.1, 0.15) is 11.1 Å². The minimum absolute atomic E-state index is 0.0495. The molecule has 0 aliphatic carbocycles. The van der Waals surface area contributed by atoms with E-state index in [4.69, 9.17) is 10.5 Å². The van der Waals surface area contributed by atoms with E-state index in [1.54, 1.807) is 12.1 Å². The standard InChI is InChI=1S/C11H15FN2O2/c1-16-7-9-4-8(2-3-10(9)12)6-14-11(15)5-13/h2-4H,5-7,13H2,1H3,(H,14,15). The molecular weight excluding hydrogens is 211 g/mol. The normalized spacial score (nSPS) is 10.2. The van der Waals surface area contributed by atoms with Gasteiger partial charge in [0, 0.05) is 19.2 Å². The predicted molar refractivity (Wildman–Crippen MR) is 58.0 cm³/mol. The Hall–Kier alpha value is -1.46. The van der Waals surface area contributed by atoms with Gasteiger partial charge in [0.05, 0.1) is 13.2 Å². The molecule has 5 heteroatoms. The van der Waals surface area contributed by atoms with Gasteiger partial charge in [-0.05, 0) is 17.7 Å². The zero-order valence-electron chi connectivity index (χ0n) is 9.13. The van der Waals surface area contributed by atoms with Crippen molar-refractivity contribution >= 4 is 5.91 Å².